The second-order valence-electron chi connectivity index (χ2n) is 9.64. The Balaban J connectivity index is 2.45. The van der Waals surface area contributed by atoms with Gasteiger partial charge in [-0.25, -0.2) is 9.59 Å². The highest BCUT2D eigenvalue weighted by atomic mass is 16.5. The van der Waals surface area contributed by atoms with E-state index in [0.717, 1.165) is 25.7 Å². The highest BCUT2D eigenvalue weighted by Gasteiger charge is 2.15. The molecule has 1 aromatic carbocycles. The molecule has 0 fully saturated rings. The van der Waals surface area contributed by atoms with Crippen LogP contribution in [0.4, 0.5) is 0 Å². The van der Waals surface area contributed by atoms with E-state index >= 15 is 0 Å². The third kappa shape index (κ3) is 11.4. The van der Waals surface area contributed by atoms with Crippen molar-refractivity contribution in [3.8, 4) is 0 Å². The lowest BCUT2D eigenvalue weighted by Crippen LogP contribution is -2.15. The zero-order valence-corrected chi connectivity index (χ0v) is 19.9. The molecule has 2 atom stereocenters. The van der Waals surface area contributed by atoms with E-state index in [1.807, 2.05) is 0 Å². The van der Waals surface area contributed by atoms with Gasteiger partial charge in [0.1, 0.15) is 0 Å². The minimum atomic E-state index is -0.387. The van der Waals surface area contributed by atoms with Crippen molar-refractivity contribution < 1.29 is 19.1 Å². The average molecular weight is 419 g/mol. The molecule has 4 heteroatoms. The van der Waals surface area contributed by atoms with Gasteiger partial charge in [-0.3, -0.25) is 0 Å². The topological polar surface area (TPSA) is 52.6 Å². The van der Waals surface area contributed by atoms with E-state index in [4.69, 9.17) is 9.47 Å². The second kappa shape index (κ2) is 14.2. The van der Waals surface area contributed by atoms with E-state index in [-0.39, 0.29) is 11.9 Å². The Morgan fingerprint density at radius 1 is 0.700 bits per heavy atom. The van der Waals surface area contributed by atoms with Crippen LogP contribution in [-0.4, -0.2) is 25.2 Å². The van der Waals surface area contributed by atoms with Gasteiger partial charge in [0.25, 0.3) is 0 Å². The van der Waals surface area contributed by atoms with Crippen LogP contribution in [0.5, 0.6) is 0 Å². The number of rotatable bonds is 14. The smallest absolute Gasteiger partial charge is 0.338 e. The van der Waals surface area contributed by atoms with Gasteiger partial charge >= 0.3 is 11.9 Å². The first-order valence-electron chi connectivity index (χ1n) is 11.6. The van der Waals surface area contributed by atoms with Gasteiger partial charge in [-0.05, 0) is 54.7 Å². The van der Waals surface area contributed by atoms with E-state index in [1.54, 1.807) is 24.3 Å². The summed E-state index contributed by atoms with van der Waals surface area (Å²) in [7, 11) is 0. The summed E-state index contributed by atoms with van der Waals surface area (Å²) in [6.45, 7) is 13.9. The molecule has 0 saturated heterocycles. The van der Waals surface area contributed by atoms with Crippen LogP contribution in [0.2, 0.25) is 0 Å². The van der Waals surface area contributed by atoms with Crippen LogP contribution >= 0.6 is 0 Å². The molecule has 0 radical (unpaired) electrons. The normalized spacial score (nSPS) is 13.3. The van der Waals surface area contributed by atoms with Crippen molar-refractivity contribution in [1.29, 1.82) is 0 Å². The molecule has 0 aliphatic heterocycles. The van der Waals surface area contributed by atoms with Gasteiger partial charge in [0.05, 0.1) is 24.3 Å². The maximum atomic E-state index is 12.4. The molecule has 4 nitrogen and oxygen atoms in total. The molecular formula is C26H42O4. The lowest BCUT2D eigenvalue weighted by atomic mass is 10.0. The highest BCUT2D eigenvalue weighted by molar-refractivity contribution is 5.95. The van der Waals surface area contributed by atoms with Gasteiger partial charge in [0.15, 0.2) is 0 Å². The Morgan fingerprint density at radius 2 is 1.10 bits per heavy atom. The Kier molecular flexibility index (Phi) is 12.4. The van der Waals surface area contributed by atoms with Crippen LogP contribution in [-0.2, 0) is 9.47 Å². The van der Waals surface area contributed by atoms with E-state index < -0.39 is 0 Å². The lowest BCUT2D eigenvalue weighted by molar-refractivity contribution is 0.0439. The molecule has 0 aliphatic rings. The van der Waals surface area contributed by atoms with E-state index in [2.05, 4.69) is 41.5 Å². The Hall–Kier alpha value is -1.84. The quantitative estimate of drug-likeness (QED) is 0.308. The van der Waals surface area contributed by atoms with E-state index in [9.17, 15) is 9.59 Å². The monoisotopic (exact) mass is 418 g/mol. The van der Waals surface area contributed by atoms with Crippen molar-refractivity contribution in [2.45, 2.75) is 80.1 Å². The molecule has 1 aromatic rings. The SMILES string of the molecule is CC(C)CCCC(C)COC(=O)c1cccc(C(=O)OCC(C)CCCC(C)C)c1. The number of benzene rings is 1. The third-order valence-corrected chi connectivity index (χ3v) is 5.29. The highest BCUT2D eigenvalue weighted by Crippen LogP contribution is 2.16. The Labute approximate surface area is 183 Å². The summed E-state index contributed by atoms with van der Waals surface area (Å²) < 4.78 is 10.9. The molecule has 170 valence electrons. The predicted octanol–water partition coefficient (Wildman–Crippen LogP) is 6.93. The van der Waals surface area contributed by atoms with E-state index in [0.29, 0.717) is 48.0 Å². The summed E-state index contributed by atoms with van der Waals surface area (Å²) in [5.41, 5.74) is 0.785. The Bertz CT molecular complexity index is 584. The van der Waals surface area contributed by atoms with Crippen LogP contribution in [0.25, 0.3) is 0 Å². The molecule has 0 saturated carbocycles. The maximum absolute atomic E-state index is 12.4. The van der Waals surface area contributed by atoms with Gasteiger partial charge in [-0.1, -0.05) is 73.3 Å². The van der Waals surface area contributed by atoms with E-state index in [1.165, 1.54) is 12.8 Å². The summed E-state index contributed by atoms with van der Waals surface area (Å²) in [5.74, 6) is 1.29. The first kappa shape index (κ1) is 26.2. The summed E-state index contributed by atoms with van der Waals surface area (Å²) >= 11 is 0. The van der Waals surface area contributed by atoms with Gasteiger partial charge in [-0.15, -0.1) is 0 Å². The van der Waals surface area contributed by atoms with Gasteiger partial charge in [0.2, 0.25) is 0 Å². The molecule has 0 aliphatic carbocycles. The molecule has 0 aromatic heterocycles. The number of ether oxygens (including phenoxy) is 2. The van der Waals surface area contributed by atoms with Crippen molar-refractivity contribution in [2.24, 2.45) is 23.7 Å². The van der Waals surface area contributed by atoms with Crippen LogP contribution < -0.4 is 0 Å². The maximum Gasteiger partial charge on any atom is 0.338 e. The average Bonchev–Trinajstić information content (AvgIpc) is 2.69. The molecule has 0 N–H and O–H groups in total. The number of carbonyl (C=O) groups excluding carboxylic acids is 2. The number of hydrogen-bond acceptors (Lipinski definition) is 4. The molecule has 0 spiro atoms. The van der Waals surface area contributed by atoms with Crippen molar-refractivity contribution in [3.05, 3.63) is 35.4 Å². The Morgan fingerprint density at radius 3 is 1.47 bits per heavy atom. The zero-order valence-electron chi connectivity index (χ0n) is 19.9. The van der Waals surface area contributed by atoms with Crippen LogP contribution in [0.15, 0.2) is 24.3 Å². The number of hydrogen-bond donors (Lipinski definition) is 0. The third-order valence-electron chi connectivity index (χ3n) is 5.29. The summed E-state index contributed by atoms with van der Waals surface area (Å²) in [6, 6.07) is 6.62. The zero-order chi connectivity index (χ0) is 22.5. The van der Waals surface area contributed by atoms with Crippen LogP contribution in [0.1, 0.15) is 101 Å². The molecule has 0 amide bonds. The molecule has 2 unspecified atom stereocenters. The van der Waals surface area contributed by atoms with Crippen molar-refractivity contribution in [3.63, 3.8) is 0 Å². The van der Waals surface area contributed by atoms with Crippen molar-refractivity contribution in [2.75, 3.05) is 13.2 Å². The lowest BCUT2D eigenvalue weighted by Gasteiger charge is -2.14. The fourth-order valence-electron chi connectivity index (χ4n) is 3.29. The van der Waals surface area contributed by atoms with Crippen LogP contribution in [0, 0.1) is 23.7 Å². The van der Waals surface area contributed by atoms with Crippen molar-refractivity contribution in [1.82, 2.24) is 0 Å². The fourth-order valence-corrected chi connectivity index (χ4v) is 3.29. The van der Waals surface area contributed by atoms with Gasteiger partial charge in [0, 0.05) is 0 Å². The first-order chi connectivity index (χ1) is 14.2. The molecule has 1 rings (SSSR count). The molecular weight excluding hydrogens is 376 g/mol. The van der Waals surface area contributed by atoms with Gasteiger partial charge in [-0.2, -0.15) is 0 Å². The summed E-state index contributed by atoms with van der Waals surface area (Å²) in [6.07, 6.45) is 6.78. The van der Waals surface area contributed by atoms with Crippen molar-refractivity contribution >= 4 is 11.9 Å². The second-order valence-corrected chi connectivity index (χ2v) is 9.64. The van der Waals surface area contributed by atoms with Gasteiger partial charge < -0.3 is 9.47 Å². The predicted molar refractivity (Wildman–Crippen MR) is 123 cm³/mol. The molecule has 30 heavy (non-hydrogen) atoms. The first-order valence-corrected chi connectivity index (χ1v) is 11.6. The summed E-state index contributed by atoms with van der Waals surface area (Å²) in [5, 5.41) is 0. The minimum Gasteiger partial charge on any atom is -0.462 e. The molecule has 0 bridgehead atoms. The standard InChI is InChI=1S/C26H42O4/c1-19(2)10-7-12-21(5)17-29-25(27)23-14-9-15-24(16-23)26(28)30-18-22(6)13-8-11-20(3)4/h9,14-16,19-22H,7-8,10-13,17-18H2,1-6H3. The number of esters is 2. The summed E-state index contributed by atoms with van der Waals surface area (Å²) in [4.78, 5) is 24.7. The fraction of sp³-hybridized carbons (Fsp3) is 0.692. The largest absolute Gasteiger partial charge is 0.462 e. The minimum absolute atomic E-state index is 0.332. The number of carbonyl (C=O) groups is 2. The molecule has 0 heterocycles. The van der Waals surface area contributed by atoms with Crippen LogP contribution in [0.3, 0.4) is 0 Å².